The number of carboxylic acid groups (broad SMARTS) is 1. The van der Waals surface area contributed by atoms with Crippen LogP contribution in [0, 0.1) is 5.92 Å². The molecule has 0 atom stereocenters. The van der Waals surface area contributed by atoms with Gasteiger partial charge in [0.1, 0.15) is 0 Å². The predicted octanol–water partition coefficient (Wildman–Crippen LogP) is 2.45. The highest BCUT2D eigenvalue weighted by Gasteiger charge is 2.05. The SMILES string of the molecule is CCC/C(=C/C(C)C)C(=O)O. The summed E-state index contributed by atoms with van der Waals surface area (Å²) in [6.45, 7) is 5.95. The lowest BCUT2D eigenvalue weighted by atomic mass is 10.1. The van der Waals surface area contributed by atoms with Crippen LogP contribution in [0.15, 0.2) is 11.6 Å². The number of carboxylic acids is 1. The van der Waals surface area contributed by atoms with Crippen molar-refractivity contribution in [3.63, 3.8) is 0 Å². The van der Waals surface area contributed by atoms with Gasteiger partial charge in [-0.25, -0.2) is 4.79 Å². The molecule has 0 rings (SSSR count). The molecule has 0 saturated heterocycles. The maximum absolute atomic E-state index is 10.6. The van der Waals surface area contributed by atoms with Crippen LogP contribution in [-0.2, 0) is 4.79 Å². The van der Waals surface area contributed by atoms with Crippen LogP contribution in [0.2, 0.25) is 0 Å². The zero-order valence-corrected chi connectivity index (χ0v) is 7.42. The molecule has 0 heterocycles. The van der Waals surface area contributed by atoms with E-state index in [9.17, 15) is 4.79 Å². The summed E-state index contributed by atoms with van der Waals surface area (Å²) in [5.41, 5.74) is 0.544. The number of allylic oxidation sites excluding steroid dienone is 1. The van der Waals surface area contributed by atoms with Crippen LogP contribution < -0.4 is 0 Å². The van der Waals surface area contributed by atoms with Gasteiger partial charge in [0.2, 0.25) is 0 Å². The number of aliphatic carboxylic acids is 1. The lowest BCUT2D eigenvalue weighted by molar-refractivity contribution is -0.132. The van der Waals surface area contributed by atoms with E-state index in [2.05, 4.69) is 0 Å². The van der Waals surface area contributed by atoms with E-state index in [1.54, 1.807) is 0 Å². The molecule has 0 aliphatic heterocycles. The van der Waals surface area contributed by atoms with Crippen LogP contribution in [0.4, 0.5) is 0 Å². The largest absolute Gasteiger partial charge is 0.478 e. The number of hydrogen-bond acceptors (Lipinski definition) is 1. The third-order valence-electron chi connectivity index (χ3n) is 1.33. The highest BCUT2D eigenvalue weighted by molar-refractivity contribution is 5.86. The molecule has 0 aliphatic rings. The Balaban J connectivity index is 4.20. The molecule has 0 aromatic heterocycles. The van der Waals surface area contributed by atoms with Crippen LogP contribution in [0.5, 0.6) is 0 Å². The smallest absolute Gasteiger partial charge is 0.331 e. The Kier molecular flexibility index (Phi) is 4.59. The zero-order valence-electron chi connectivity index (χ0n) is 7.42. The van der Waals surface area contributed by atoms with Crippen molar-refractivity contribution in [3.8, 4) is 0 Å². The minimum absolute atomic E-state index is 0.327. The highest BCUT2D eigenvalue weighted by Crippen LogP contribution is 2.08. The Morgan fingerprint density at radius 3 is 2.36 bits per heavy atom. The van der Waals surface area contributed by atoms with Gasteiger partial charge in [-0.3, -0.25) is 0 Å². The second-order valence-corrected chi connectivity index (χ2v) is 2.99. The van der Waals surface area contributed by atoms with Crippen LogP contribution in [-0.4, -0.2) is 11.1 Å². The van der Waals surface area contributed by atoms with Crippen LogP contribution in [0.1, 0.15) is 33.6 Å². The summed E-state index contributed by atoms with van der Waals surface area (Å²) in [5, 5.41) is 8.68. The van der Waals surface area contributed by atoms with E-state index in [1.807, 2.05) is 26.8 Å². The Labute approximate surface area is 67.9 Å². The van der Waals surface area contributed by atoms with E-state index in [0.717, 1.165) is 6.42 Å². The molecule has 0 fully saturated rings. The van der Waals surface area contributed by atoms with Crippen molar-refractivity contribution in [3.05, 3.63) is 11.6 Å². The van der Waals surface area contributed by atoms with E-state index in [4.69, 9.17) is 5.11 Å². The lowest BCUT2D eigenvalue weighted by Gasteiger charge is -2.01. The van der Waals surface area contributed by atoms with Crippen LogP contribution in [0.25, 0.3) is 0 Å². The van der Waals surface area contributed by atoms with E-state index in [0.29, 0.717) is 17.9 Å². The summed E-state index contributed by atoms with van der Waals surface area (Å²) in [7, 11) is 0. The molecule has 64 valence electrons. The average molecular weight is 156 g/mol. The molecule has 0 aromatic rings. The topological polar surface area (TPSA) is 37.3 Å². The molecule has 0 amide bonds. The molecule has 0 radical (unpaired) electrons. The fraction of sp³-hybridized carbons (Fsp3) is 0.667. The molecule has 0 aliphatic carbocycles. The molecule has 0 spiro atoms. The van der Waals surface area contributed by atoms with Gasteiger partial charge < -0.3 is 5.11 Å². The Hall–Kier alpha value is -0.790. The first-order valence-electron chi connectivity index (χ1n) is 4.02. The predicted molar refractivity (Wildman–Crippen MR) is 45.5 cm³/mol. The molecule has 11 heavy (non-hydrogen) atoms. The van der Waals surface area contributed by atoms with Gasteiger partial charge in [0.15, 0.2) is 0 Å². The van der Waals surface area contributed by atoms with Gasteiger partial charge in [0, 0.05) is 5.57 Å². The fourth-order valence-corrected chi connectivity index (χ4v) is 0.933. The summed E-state index contributed by atoms with van der Waals surface area (Å²) in [6.07, 6.45) is 3.38. The van der Waals surface area contributed by atoms with Gasteiger partial charge in [-0.05, 0) is 12.3 Å². The minimum atomic E-state index is -0.777. The number of hydrogen-bond donors (Lipinski definition) is 1. The summed E-state index contributed by atoms with van der Waals surface area (Å²) in [6, 6.07) is 0. The Morgan fingerprint density at radius 1 is 1.55 bits per heavy atom. The van der Waals surface area contributed by atoms with Crippen molar-refractivity contribution in [2.75, 3.05) is 0 Å². The molecule has 2 heteroatoms. The molecule has 0 bridgehead atoms. The monoisotopic (exact) mass is 156 g/mol. The normalized spacial score (nSPS) is 12.2. The number of rotatable bonds is 4. The molecule has 0 unspecified atom stereocenters. The van der Waals surface area contributed by atoms with Gasteiger partial charge in [0.05, 0.1) is 0 Å². The molecule has 2 nitrogen and oxygen atoms in total. The van der Waals surface area contributed by atoms with Gasteiger partial charge in [-0.1, -0.05) is 33.3 Å². The minimum Gasteiger partial charge on any atom is -0.478 e. The number of carbonyl (C=O) groups is 1. The standard InChI is InChI=1S/C9H16O2/c1-4-5-8(9(10)11)6-7(2)3/h6-7H,4-5H2,1-3H3,(H,10,11)/b8-6-. The molecule has 0 aromatic carbocycles. The average Bonchev–Trinajstić information content (AvgIpc) is 1.86. The van der Waals surface area contributed by atoms with Crippen LogP contribution in [0.3, 0.4) is 0 Å². The first-order chi connectivity index (χ1) is 5.07. The first-order valence-corrected chi connectivity index (χ1v) is 4.02. The third kappa shape index (κ3) is 4.59. The van der Waals surface area contributed by atoms with Crippen molar-refractivity contribution in [1.82, 2.24) is 0 Å². The summed E-state index contributed by atoms with van der Waals surface area (Å²) in [5.74, 6) is -0.451. The quantitative estimate of drug-likeness (QED) is 0.635. The molecular formula is C9H16O2. The molecular weight excluding hydrogens is 140 g/mol. The van der Waals surface area contributed by atoms with Crippen molar-refractivity contribution in [2.45, 2.75) is 33.6 Å². The summed E-state index contributed by atoms with van der Waals surface area (Å²) in [4.78, 5) is 10.6. The van der Waals surface area contributed by atoms with Crippen molar-refractivity contribution in [2.24, 2.45) is 5.92 Å². The van der Waals surface area contributed by atoms with Gasteiger partial charge in [-0.15, -0.1) is 0 Å². The van der Waals surface area contributed by atoms with Crippen molar-refractivity contribution < 1.29 is 9.90 Å². The van der Waals surface area contributed by atoms with Crippen LogP contribution >= 0.6 is 0 Å². The fourth-order valence-electron chi connectivity index (χ4n) is 0.933. The van der Waals surface area contributed by atoms with E-state index in [1.165, 1.54) is 0 Å². The Morgan fingerprint density at radius 2 is 2.09 bits per heavy atom. The first kappa shape index (κ1) is 10.2. The second kappa shape index (κ2) is 4.94. The Bertz CT molecular complexity index is 157. The van der Waals surface area contributed by atoms with Gasteiger partial charge in [-0.2, -0.15) is 0 Å². The maximum Gasteiger partial charge on any atom is 0.331 e. The molecule has 0 saturated carbocycles. The third-order valence-corrected chi connectivity index (χ3v) is 1.33. The van der Waals surface area contributed by atoms with Gasteiger partial charge in [0.25, 0.3) is 0 Å². The van der Waals surface area contributed by atoms with E-state index in [-0.39, 0.29) is 0 Å². The second-order valence-electron chi connectivity index (χ2n) is 2.99. The van der Waals surface area contributed by atoms with Gasteiger partial charge >= 0.3 is 5.97 Å². The summed E-state index contributed by atoms with van der Waals surface area (Å²) < 4.78 is 0. The van der Waals surface area contributed by atoms with Crippen molar-refractivity contribution in [1.29, 1.82) is 0 Å². The van der Waals surface area contributed by atoms with E-state index >= 15 is 0 Å². The van der Waals surface area contributed by atoms with Crippen molar-refractivity contribution >= 4 is 5.97 Å². The van der Waals surface area contributed by atoms with E-state index < -0.39 is 5.97 Å². The molecule has 1 N–H and O–H groups in total. The maximum atomic E-state index is 10.6. The zero-order chi connectivity index (χ0) is 8.85. The summed E-state index contributed by atoms with van der Waals surface area (Å²) >= 11 is 0. The highest BCUT2D eigenvalue weighted by atomic mass is 16.4. The lowest BCUT2D eigenvalue weighted by Crippen LogP contribution is -2.01.